The topological polar surface area (TPSA) is 79.2 Å². The molecule has 8 rings (SSSR count). The average Bonchev–Trinajstić information content (AvgIpc) is 3.74. The molecule has 2 aliphatic carbocycles. The van der Waals surface area contributed by atoms with E-state index in [4.69, 9.17) is 9.97 Å². The predicted octanol–water partition coefficient (Wildman–Crippen LogP) is 6.60. The molecule has 2 saturated carbocycles. The zero-order valence-corrected chi connectivity index (χ0v) is 25.2. The number of piperidine rings is 1. The third kappa shape index (κ3) is 4.11. The molecule has 1 amide bonds. The second kappa shape index (κ2) is 9.58. The SMILES string of the molecule is CC(C)n1cnc2cc(-c3ccc4c(c3)N(C3CC(N5CC6CC[C@@H]5C6)C3)C(=O)C4(C)C)nc(Nc3ccncc3F)c21. The summed E-state index contributed by atoms with van der Waals surface area (Å²) in [4.78, 5) is 32.3. The number of amides is 1. The Morgan fingerprint density at radius 1 is 1.05 bits per heavy atom. The van der Waals surface area contributed by atoms with Gasteiger partial charge in [0, 0.05) is 48.2 Å². The first-order chi connectivity index (χ1) is 20.7. The van der Waals surface area contributed by atoms with E-state index in [9.17, 15) is 9.18 Å². The largest absolute Gasteiger partial charge is 0.336 e. The summed E-state index contributed by atoms with van der Waals surface area (Å²) in [5.74, 6) is 1.14. The molecule has 8 nitrogen and oxygen atoms in total. The van der Waals surface area contributed by atoms with E-state index >= 15 is 0 Å². The summed E-state index contributed by atoms with van der Waals surface area (Å²) in [6.45, 7) is 9.48. The molecule has 1 N–H and O–H groups in total. The number of imidazole rings is 1. The lowest BCUT2D eigenvalue weighted by atomic mass is 9.82. The quantitative estimate of drug-likeness (QED) is 0.277. The molecule has 1 aromatic carbocycles. The van der Waals surface area contributed by atoms with E-state index in [1.54, 1.807) is 18.6 Å². The Labute approximate surface area is 251 Å². The van der Waals surface area contributed by atoms with E-state index in [1.165, 1.54) is 32.0 Å². The fraction of sp³-hybridized carbons (Fsp3) is 0.471. The second-order valence-electron chi connectivity index (χ2n) is 13.8. The Morgan fingerprint density at radius 3 is 2.60 bits per heavy atom. The van der Waals surface area contributed by atoms with Crippen LogP contribution in [0.4, 0.5) is 21.6 Å². The minimum atomic E-state index is -0.579. The lowest BCUT2D eigenvalue weighted by Gasteiger charge is -2.48. The second-order valence-corrected chi connectivity index (χ2v) is 13.8. The molecule has 222 valence electrons. The Morgan fingerprint density at radius 2 is 1.88 bits per heavy atom. The van der Waals surface area contributed by atoms with Crippen molar-refractivity contribution in [2.75, 3.05) is 16.8 Å². The number of halogens is 1. The Hall–Kier alpha value is -3.85. The summed E-state index contributed by atoms with van der Waals surface area (Å²) in [7, 11) is 0. The summed E-state index contributed by atoms with van der Waals surface area (Å²) < 4.78 is 16.7. The number of nitrogens with one attached hydrogen (secondary N) is 1. The van der Waals surface area contributed by atoms with E-state index in [0.29, 0.717) is 17.5 Å². The maximum absolute atomic E-state index is 14.7. The molecule has 1 unspecified atom stereocenters. The first kappa shape index (κ1) is 26.8. The average molecular weight is 580 g/mol. The standard InChI is InChI=1S/C34H38FN7O/c1-19(2)41-18-37-29-15-28(39-32(31(29)41)38-27-9-10-36-16-26(27)35)21-6-8-25-30(12-21)42(33(43)34(25,3)4)24-13-23(14-24)40-17-20-5-7-22(40)11-20/h6,8-10,12,15-16,18-20,22-24H,5,7,11,13-14,17H2,1-4H3,(H,36,38,39)/t20?,22-,23?,24?/m1/s1. The van der Waals surface area contributed by atoms with Gasteiger partial charge >= 0.3 is 0 Å². The van der Waals surface area contributed by atoms with Crippen molar-refractivity contribution in [2.24, 2.45) is 5.92 Å². The van der Waals surface area contributed by atoms with Gasteiger partial charge in [0.25, 0.3) is 0 Å². The number of hydrogen-bond donors (Lipinski definition) is 1. The Kier molecular flexibility index (Phi) is 5.96. The van der Waals surface area contributed by atoms with Crippen LogP contribution in [0.3, 0.4) is 0 Å². The van der Waals surface area contributed by atoms with Crippen molar-refractivity contribution in [3.8, 4) is 11.3 Å². The monoisotopic (exact) mass is 579 g/mol. The number of benzene rings is 1. The number of likely N-dealkylation sites (tertiary alicyclic amines) is 1. The van der Waals surface area contributed by atoms with Crippen molar-refractivity contribution >= 4 is 34.1 Å². The van der Waals surface area contributed by atoms with Gasteiger partial charge in [-0.1, -0.05) is 12.1 Å². The number of hydrogen-bond acceptors (Lipinski definition) is 6. The molecule has 0 radical (unpaired) electrons. The molecular formula is C34H38FN7O. The van der Waals surface area contributed by atoms with Crippen LogP contribution in [-0.4, -0.2) is 55.0 Å². The molecule has 5 heterocycles. The van der Waals surface area contributed by atoms with Crippen LogP contribution >= 0.6 is 0 Å². The van der Waals surface area contributed by atoms with Crippen LogP contribution in [0.2, 0.25) is 0 Å². The molecule has 2 aliphatic heterocycles. The third-order valence-corrected chi connectivity index (χ3v) is 10.5. The fourth-order valence-corrected chi connectivity index (χ4v) is 8.05. The van der Waals surface area contributed by atoms with E-state index in [0.717, 1.165) is 58.3 Å². The summed E-state index contributed by atoms with van der Waals surface area (Å²) in [6.07, 6.45) is 10.7. The van der Waals surface area contributed by atoms with Gasteiger partial charge in [-0.2, -0.15) is 0 Å². The lowest BCUT2D eigenvalue weighted by Crippen LogP contribution is -2.57. The van der Waals surface area contributed by atoms with Gasteiger partial charge in [0.2, 0.25) is 5.91 Å². The molecular weight excluding hydrogens is 541 g/mol. The van der Waals surface area contributed by atoms with Gasteiger partial charge in [-0.25, -0.2) is 14.4 Å². The van der Waals surface area contributed by atoms with Gasteiger partial charge in [-0.3, -0.25) is 14.7 Å². The van der Waals surface area contributed by atoms with Crippen molar-refractivity contribution in [2.45, 2.75) is 89.4 Å². The maximum Gasteiger partial charge on any atom is 0.237 e. The molecule has 0 spiro atoms. The smallest absolute Gasteiger partial charge is 0.237 e. The van der Waals surface area contributed by atoms with Gasteiger partial charge in [-0.05, 0) is 89.5 Å². The van der Waals surface area contributed by atoms with Crippen molar-refractivity contribution in [3.05, 3.63) is 60.4 Å². The molecule has 2 bridgehead atoms. The highest BCUT2D eigenvalue weighted by molar-refractivity contribution is 6.08. The fourth-order valence-electron chi connectivity index (χ4n) is 8.05. The summed E-state index contributed by atoms with van der Waals surface area (Å²) >= 11 is 0. The van der Waals surface area contributed by atoms with E-state index < -0.39 is 11.2 Å². The van der Waals surface area contributed by atoms with E-state index in [-0.39, 0.29) is 18.0 Å². The van der Waals surface area contributed by atoms with Gasteiger partial charge in [0.1, 0.15) is 5.52 Å². The van der Waals surface area contributed by atoms with Crippen molar-refractivity contribution in [1.29, 1.82) is 0 Å². The number of aromatic nitrogens is 4. The normalized spacial score (nSPS) is 26.0. The molecule has 3 fully saturated rings. The van der Waals surface area contributed by atoms with Gasteiger partial charge in [0.15, 0.2) is 11.6 Å². The Bertz CT molecular complexity index is 1760. The minimum absolute atomic E-state index is 0.143. The minimum Gasteiger partial charge on any atom is -0.336 e. The molecule has 1 saturated heterocycles. The zero-order chi connectivity index (χ0) is 29.6. The van der Waals surface area contributed by atoms with E-state index in [1.807, 2.05) is 30.5 Å². The van der Waals surface area contributed by atoms with Crippen LogP contribution in [0.1, 0.15) is 71.4 Å². The number of fused-ring (bicyclic) bond motifs is 4. The number of carbonyl (C=O) groups excluding carboxylic acids is 1. The van der Waals surface area contributed by atoms with Gasteiger partial charge < -0.3 is 14.8 Å². The molecule has 3 aromatic heterocycles. The Balaban J connectivity index is 1.16. The van der Waals surface area contributed by atoms with Crippen LogP contribution in [0.25, 0.3) is 22.3 Å². The highest BCUT2D eigenvalue weighted by Crippen LogP contribution is 2.49. The number of pyridine rings is 2. The highest BCUT2D eigenvalue weighted by Gasteiger charge is 2.52. The predicted molar refractivity (Wildman–Crippen MR) is 166 cm³/mol. The summed E-state index contributed by atoms with van der Waals surface area (Å²) in [5, 5.41) is 3.21. The number of rotatable bonds is 6. The lowest BCUT2D eigenvalue weighted by molar-refractivity contribution is -0.123. The summed E-state index contributed by atoms with van der Waals surface area (Å²) in [5.41, 5.74) is 4.98. The van der Waals surface area contributed by atoms with Crippen molar-refractivity contribution in [3.63, 3.8) is 0 Å². The zero-order valence-electron chi connectivity index (χ0n) is 25.2. The van der Waals surface area contributed by atoms with Crippen LogP contribution in [-0.2, 0) is 10.2 Å². The molecule has 43 heavy (non-hydrogen) atoms. The van der Waals surface area contributed by atoms with Crippen LogP contribution in [0.5, 0.6) is 0 Å². The maximum atomic E-state index is 14.7. The van der Waals surface area contributed by atoms with Crippen molar-refractivity contribution < 1.29 is 9.18 Å². The van der Waals surface area contributed by atoms with E-state index in [2.05, 4.69) is 46.1 Å². The molecule has 9 heteroatoms. The third-order valence-electron chi connectivity index (χ3n) is 10.5. The molecule has 4 aromatic rings. The first-order valence-corrected chi connectivity index (χ1v) is 15.7. The van der Waals surface area contributed by atoms with Crippen LogP contribution in [0, 0.1) is 11.7 Å². The van der Waals surface area contributed by atoms with Crippen molar-refractivity contribution in [1.82, 2.24) is 24.4 Å². The number of nitrogens with zero attached hydrogens (tertiary/aromatic N) is 6. The first-order valence-electron chi connectivity index (χ1n) is 15.7. The summed E-state index contributed by atoms with van der Waals surface area (Å²) in [6, 6.07) is 11.6. The van der Waals surface area contributed by atoms with Crippen LogP contribution in [0.15, 0.2) is 49.1 Å². The van der Waals surface area contributed by atoms with Gasteiger partial charge in [-0.15, -0.1) is 0 Å². The molecule has 2 atom stereocenters. The number of anilines is 3. The molecule has 4 aliphatic rings. The van der Waals surface area contributed by atoms with Gasteiger partial charge in [0.05, 0.1) is 34.8 Å². The highest BCUT2D eigenvalue weighted by atomic mass is 19.1. The van der Waals surface area contributed by atoms with Crippen LogP contribution < -0.4 is 10.2 Å². The number of carbonyl (C=O) groups is 1.